The van der Waals surface area contributed by atoms with Gasteiger partial charge in [-0.15, -0.1) is 0 Å². The molecule has 1 rings (SSSR count). The van der Waals surface area contributed by atoms with Crippen molar-refractivity contribution in [2.45, 2.75) is 13.8 Å². The van der Waals surface area contributed by atoms with Crippen molar-refractivity contribution in [1.82, 2.24) is 0 Å². The summed E-state index contributed by atoms with van der Waals surface area (Å²) >= 11 is 0. The van der Waals surface area contributed by atoms with Gasteiger partial charge in [-0.25, -0.2) is 0 Å². The van der Waals surface area contributed by atoms with Gasteiger partial charge in [-0.3, -0.25) is 0 Å². The van der Waals surface area contributed by atoms with E-state index < -0.39 is 0 Å². The van der Waals surface area contributed by atoms with E-state index in [4.69, 9.17) is 10.5 Å². The van der Waals surface area contributed by atoms with Crippen molar-refractivity contribution in [2.24, 2.45) is 11.7 Å². The van der Waals surface area contributed by atoms with Crippen LogP contribution in [0, 0.1) is 5.92 Å². The first-order valence-electron chi connectivity index (χ1n) is 5.76. The van der Waals surface area contributed by atoms with Crippen LogP contribution in [-0.4, -0.2) is 26.7 Å². The maximum absolute atomic E-state index is 5.64. The Bertz CT molecular complexity index is 313. The van der Waals surface area contributed by atoms with Gasteiger partial charge in [0.25, 0.3) is 0 Å². The van der Waals surface area contributed by atoms with Gasteiger partial charge in [-0.1, -0.05) is 19.9 Å². The molecule has 0 aromatic heterocycles. The van der Waals surface area contributed by atoms with Crippen molar-refractivity contribution in [1.29, 1.82) is 0 Å². The largest absolute Gasteiger partial charge is 0.497 e. The van der Waals surface area contributed by atoms with Crippen LogP contribution >= 0.6 is 0 Å². The second-order valence-corrected chi connectivity index (χ2v) is 4.33. The number of nitrogens with two attached hydrogens (primary N) is 1. The predicted octanol–water partition coefficient (Wildman–Crippen LogP) is 2.12. The Morgan fingerprint density at radius 1 is 1.38 bits per heavy atom. The minimum absolute atomic E-state index is 0.623. The monoisotopic (exact) mass is 222 g/mol. The summed E-state index contributed by atoms with van der Waals surface area (Å²) in [4.78, 5) is 2.30. The van der Waals surface area contributed by atoms with Crippen LogP contribution in [0.15, 0.2) is 24.3 Å². The third-order valence-corrected chi connectivity index (χ3v) is 2.40. The minimum Gasteiger partial charge on any atom is -0.497 e. The number of ether oxygens (including phenoxy) is 1. The topological polar surface area (TPSA) is 38.5 Å². The fraction of sp³-hybridized carbons (Fsp3) is 0.538. The molecule has 0 atom stereocenters. The molecule has 0 unspecified atom stereocenters. The van der Waals surface area contributed by atoms with Crippen molar-refractivity contribution in [3.63, 3.8) is 0 Å². The van der Waals surface area contributed by atoms with Crippen LogP contribution in [0.2, 0.25) is 0 Å². The van der Waals surface area contributed by atoms with E-state index >= 15 is 0 Å². The third kappa shape index (κ3) is 3.74. The number of methoxy groups -OCH3 is 1. The molecular formula is C13H22N2O. The van der Waals surface area contributed by atoms with Crippen LogP contribution in [0.5, 0.6) is 5.75 Å². The zero-order valence-electron chi connectivity index (χ0n) is 10.4. The van der Waals surface area contributed by atoms with Crippen LogP contribution in [-0.2, 0) is 0 Å². The second-order valence-electron chi connectivity index (χ2n) is 4.33. The Morgan fingerprint density at radius 2 is 2.12 bits per heavy atom. The number of anilines is 1. The van der Waals surface area contributed by atoms with Gasteiger partial charge in [0.2, 0.25) is 0 Å². The molecule has 1 aromatic carbocycles. The number of hydrogen-bond acceptors (Lipinski definition) is 3. The van der Waals surface area contributed by atoms with Crippen molar-refractivity contribution < 1.29 is 4.74 Å². The summed E-state index contributed by atoms with van der Waals surface area (Å²) < 4.78 is 5.23. The molecule has 0 aliphatic heterocycles. The van der Waals surface area contributed by atoms with Crippen LogP contribution in [0.4, 0.5) is 5.69 Å². The molecule has 0 amide bonds. The molecule has 0 heterocycles. The second kappa shape index (κ2) is 6.38. The highest BCUT2D eigenvalue weighted by molar-refractivity contribution is 5.50. The highest BCUT2D eigenvalue weighted by Gasteiger charge is 2.08. The number of hydrogen-bond donors (Lipinski definition) is 1. The maximum Gasteiger partial charge on any atom is 0.120 e. The van der Waals surface area contributed by atoms with Gasteiger partial charge in [0.05, 0.1) is 7.11 Å². The van der Waals surface area contributed by atoms with E-state index in [0.29, 0.717) is 12.5 Å². The van der Waals surface area contributed by atoms with E-state index in [2.05, 4.69) is 30.9 Å². The number of rotatable bonds is 6. The van der Waals surface area contributed by atoms with Crippen molar-refractivity contribution in [2.75, 3.05) is 31.6 Å². The standard InChI is InChI=1S/C13H22N2O/c1-11(2)10-15(8-7-14)12-5-4-6-13(9-12)16-3/h4-6,9,11H,7-8,10,14H2,1-3H3. The van der Waals surface area contributed by atoms with Gasteiger partial charge >= 0.3 is 0 Å². The van der Waals surface area contributed by atoms with Gasteiger partial charge in [0.1, 0.15) is 5.75 Å². The molecule has 0 saturated heterocycles. The molecule has 2 N–H and O–H groups in total. The summed E-state index contributed by atoms with van der Waals surface area (Å²) in [6.07, 6.45) is 0. The Labute approximate surface area is 98.2 Å². The first kappa shape index (κ1) is 12.8. The molecule has 1 aromatic rings. The molecular weight excluding hydrogens is 200 g/mol. The fourth-order valence-corrected chi connectivity index (χ4v) is 1.73. The Balaban J connectivity index is 2.82. The van der Waals surface area contributed by atoms with Crippen LogP contribution in [0.25, 0.3) is 0 Å². The minimum atomic E-state index is 0.623. The summed E-state index contributed by atoms with van der Waals surface area (Å²) in [7, 11) is 1.69. The van der Waals surface area contributed by atoms with Crippen LogP contribution < -0.4 is 15.4 Å². The van der Waals surface area contributed by atoms with E-state index in [1.807, 2.05) is 12.1 Å². The van der Waals surface area contributed by atoms with Gasteiger partial charge in [-0.2, -0.15) is 0 Å². The summed E-state index contributed by atoms with van der Waals surface area (Å²) in [6.45, 7) is 6.99. The fourth-order valence-electron chi connectivity index (χ4n) is 1.73. The zero-order chi connectivity index (χ0) is 12.0. The molecule has 0 spiro atoms. The average Bonchev–Trinajstić information content (AvgIpc) is 2.28. The van der Waals surface area contributed by atoms with E-state index in [1.165, 1.54) is 5.69 Å². The molecule has 0 aliphatic carbocycles. The van der Waals surface area contributed by atoms with E-state index in [-0.39, 0.29) is 0 Å². The van der Waals surface area contributed by atoms with E-state index in [9.17, 15) is 0 Å². The lowest BCUT2D eigenvalue weighted by atomic mass is 10.2. The normalized spacial score (nSPS) is 10.6. The number of benzene rings is 1. The van der Waals surface area contributed by atoms with Crippen molar-refractivity contribution >= 4 is 5.69 Å². The molecule has 3 heteroatoms. The van der Waals surface area contributed by atoms with Crippen molar-refractivity contribution in [3.8, 4) is 5.75 Å². The van der Waals surface area contributed by atoms with E-state index in [1.54, 1.807) is 7.11 Å². The summed E-state index contributed by atoms with van der Waals surface area (Å²) in [5, 5.41) is 0. The van der Waals surface area contributed by atoms with Crippen LogP contribution in [0.1, 0.15) is 13.8 Å². The molecule has 0 bridgehead atoms. The van der Waals surface area contributed by atoms with Crippen molar-refractivity contribution in [3.05, 3.63) is 24.3 Å². The van der Waals surface area contributed by atoms with Gasteiger partial charge in [0, 0.05) is 31.4 Å². The SMILES string of the molecule is COc1cccc(N(CCN)CC(C)C)c1. The maximum atomic E-state index is 5.64. The lowest BCUT2D eigenvalue weighted by molar-refractivity contribution is 0.414. The predicted molar refractivity (Wildman–Crippen MR) is 69.1 cm³/mol. The van der Waals surface area contributed by atoms with Gasteiger partial charge in [-0.05, 0) is 18.1 Å². The summed E-state index contributed by atoms with van der Waals surface area (Å²) in [6, 6.07) is 8.12. The molecule has 0 radical (unpaired) electrons. The highest BCUT2D eigenvalue weighted by atomic mass is 16.5. The Morgan fingerprint density at radius 3 is 2.69 bits per heavy atom. The lowest BCUT2D eigenvalue weighted by Crippen LogP contribution is -2.32. The average molecular weight is 222 g/mol. The molecule has 0 fully saturated rings. The molecule has 16 heavy (non-hydrogen) atoms. The Hall–Kier alpha value is -1.22. The molecule has 3 nitrogen and oxygen atoms in total. The lowest BCUT2D eigenvalue weighted by Gasteiger charge is -2.26. The third-order valence-electron chi connectivity index (χ3n) is 2.40. The number of nitrogens with zero attached hydrogens (tertiary/aromatic N) is 1. The quantitative estimate of drug-likeness (QED) is 0.801. The first-order valence-corrected chi connectivity index (χ1v) is 5.76. The molecule has 0 aliphatic rings. The van der Waals surface area contributed by atoms with Crippen LogP contribution in [0.3, 0.4) is 0 Å². The zero-order valence-corrected chi connectivity index (χ0v) is 10.4. The molecule has 0 saturated carbocycles. The van der Waals surface area contributed by atoms with Gasteiger partial charge < -0.3 is 15.4 Å². The highest BCUT2D eigenvalue weighted by Crippen LogP contribution is 2.21. The Kier molecular flexibility index (Phi) is 5.12. The van der Waals surface area contributed by atoms with E-state index in [0.717, 1.165) is 18.8 Å². The first-order chi connectivity index (χ1) is 7.67. The smallest absolute Gasteiger partial charge is 0.120 e. The summed E-state index contributed by atoms with van der Waals surface area (Å²) in [5.74, 6) is 1.51. The van der Waals surface area contributed by atoms with Gasteiger partial charge in [0.15, 0.2) is 0 Å². The summed E-state index contributed by atoms with van der Waals surface area (Å²) in [5.41, 5.74) is 6.82. The molecule has 90 valence electrons.